The number of rotatable bonds is 4. The van der Waals surface area contributed by atoms with Crippen LogP contribution >= 0.6 is 11.3 Å². The van der Waals surface area contributed by atoms with Gasteiger partial charge in [-0.15, -0.1) is 11.3 Å². The molecule has 1 aliphatic rings. The lowest BCUT2D eigenvalue weighted by Crippen LogP contribution is -2.35. The van der Waals surface area contributed by atoms with Crippen molar-refractivity contribution in [2.24, 2.45) is 0 Å². The lowest BCUT2D eigenvalue weighted by atomic mass is 10.1. The summed E-state index contributed by atoms with van der Waals surface area (Å²) in [5.41, 5.74) is 2.81. The van der Waals surface area contributed by atoms with Crippen LogP contribution in [0.15, 0.2) is 48.5 Å². The van der Waals surface area contributed by atoms with Gasteiger partial charge in [0.1, 0.15) is 5.01 Å². The highest BCUT2D eigenvalue weighted by atomic mass is 32.1. The molecular formula is C21H20N2O3S. The van der Waals surface area contributed by atoms with Crippen molar-refractivity contribution in [1.29, 1.82) is 0 Å². The van der Waals surface area contributed by atoms with Crippen molar-refractivity contribution in [1.82, 2.24) is 9.88 Å². The van der Waals surface area contributed by atoms with Crippen molar-refractivity contribution in [2.45, 2.75) is 13.0 Å². The fraction of sp³-hybridized carbons (Fsp3) is 0.238. The zero-order chi connectivity index (χ0) is 18.8. The Hall–Kier alpha value is -2.86. The summed E-state index contributed by atoms with van der Waals surface area (Å²) in [5, 5.41) is 0.940. The molecular weight excluding hydrogens is 360 g/mol. The number of carbonyl (C=O) groups excluding carboxylic acids is 1. The van der Waals surface area contributed by atoms with Gasteiger partial charge in [-0.1, -0.05) is 18.2 Å². The Balaban J connectivity index is 1.58. The zero-order valence-electron chi connectivity index (χ0n) is 15.3. The molecule has 1 aromatic heterocycles. The van der Waals surface area contributed by atoms with E-state index in [0.29, 0.717) is 24.6 Å². The number of hydrogen-bond acceptors (Lipinski definition) is 5. The summed E-state index contributed by atoms with van der Waals surface area (Å²) in [6, 6.07) is 15.2. The molecule has 2 aromatic carbocycles. The molecule has 6 heteroatoms. The molecule has 0 fully saturated rings. The molecule has 2 heterocycles. The predicted octanol–water partition coefficient (Wildman–Crippen LogP) is 4.03. The zero-order valence-corrected chi connectivity index (χ0v) is 16.1. The predicted molar refractivity (Wildman–Crippen MR) is 106 cm³/mol. The Morgan fingerprint density at radius 2 is 1.85 bits per heavy atom. The molecule has 4 rings (SSSR count). The molecule has 0 saturated carbocycles. The molecule has 0 N–H and O–H groups in total. The fourth-order valence-electron chi connectivity index (χ4n) is 3.22. The average molecular weight is 380 g/mol. The van der Waals surface area contributed by atoms with Gasteiger partial charge in [-0.25, -0.2) is 4.98 Å². The number of amides is 1. The summed E-state index contributed by atoms with van der Waals surface area (Å²) in [7, 11) is 3.25. The van der Waals surface area contributed by atoms with Crippen molar-refractivity contribution >= 4 is 17.2 Å². The van der Waals surface area contributed by atoms with E-state index in [2.05, 4.69) is 0 Å². The number of ether oxygens (including phenoxy) is 2. The first kappa shape index (κ1) is 17.5. The Bertz CT molecular complexity index is 969. The maximum Gasteiger partial charge on any atom is 0.254 e. The first-order valence-corrected chi connectivity index (χ1v) is 9.56. The lowest BCUT2D eigenvalue weighted by molar-refractivity contribution is 0.0736. The molecule has 0 saturated heterocycles. The van der Waals surface area contributed by atoms with E-state index >= 15 is 0 Å². The smallest absolute Gasteiger partial charge is 0.254 e. The third-order valence-corrected chi connectivity index (χ3v) is 5.80. The molecule has 0 unspecified atom stereocenters. The van der Waals surface area contributed by atoms with Crippen molar-refractivity contribution in [2.75, 3.05) is 20.8 Å². The Morgan fingerprint density at radius 1 is 1.07 bits per heavy atom. The van der Waals surface area contributed by atoms with E-state index in [-0.39, 0.29) is 5.91 Å². The third kappa shape index (κ3) is 3.40. The molecule has 0 radical (unpaired) electrons. The van der Waals surface area contributed by atoms with Gasteiger partial charge in [0.05, 0.1) is 26.5 Å². The molecule has 3 aromatic rings. The first-order valence-electron chi connectivity index (χ1n) is 8.75. The first-order chi connectivity index (χ1) is 13.2. The molecule has 1 aliphatic heterocycles. The maximum atomic E-state index is 12.7. The number of benzene rings is 2. The van der Waals surface area contributed by atoms with Crippen molar-refractivity contribution in [3.05, 3.63) is 64.7 Å². The molecule has 0 atom stereocenters. The summed E-state index contributed by atoms with van der Waals surface area (Å²) in [5.74, 6) is 1.45. The van der Waals surface area contributed by atoms with Crippen LogP contribution in [0.4, 0.5) is 0 Å². The lowest BCUT2D eigenvalue weighted by Gasteiger charge is -2.26. The van der Waals surface area contributed by atoms with Crippen LogP contribution in [-0.4, -0.2) is 36.6 Å². The number of thiazole rings is 1. The highest BCUT2D eigenvalue weighted by Gasteiger charge is 2.25. The van der Waals surface area contributed by atoms with Gasteiger partial charge in [0, 0.05) is 29.0 Å². The number of nitrogens with zero attached hydrogens (tertiary/aromatic N) is 2. The molecule has 0 aliphatic carbocycles. The Kier molecular flexibility index (Phi) is 4.81. The maximum absolute atomic E-state index is 12.7. The molecule has 0 spiro atoms. The van der Waals surface area contributed by atoms with Gasteiger partial charge in [0.2, 0.25) is 0 Å². The summed E-state index contributed by atoms with van der Waals surface area (Å²) < 4.78 is 10.7. The minimum atomic E-state index is 0.0716. The third-order valence-electron chi connectivity index (χ3n) is 4.67. The fourth-order valence-corrected chi connectivity index (χ4v) is 4.34. The highest BCUT2D eigenvalue weighted by molar-refractivity contribution is 7.15. The monoisotopic (exact) mass is 380 g/mol. The van der Waals surface area contributed by atoms with Gasteiger partial charge in [-0.05, 0) is 30.3 Å². The number of methoxy groups -OCH3 is 2. The van der Waals surface area contributed by atoms with Gasteiger partial charge in [0.15, 0.2) is 11.5 Å². The van der Waals surface area contributed by atoms with E-state index in [1.165, 1.54) is 0 Å². The van der Waals surface area contributed by atoms with E-state index in [9.17, 15) is 4.79 Å². The van der Waals surface area contributed by atoms with Gasteiger partial charge in [0.25, 0.3) is 5.91 Å². The largest absolute Gasteiger partial charge is 0.493 e. The minimum Gasteiger partial charge on any atom is -0.493 e. The Labute approximate surface area is 162 Å². The Morgan fingerprint density at radius 3 is 2.59 bits per heavy atom. The second-order valence-electron chi connectivity index (χ2n) is 6.30. The molecule has 5 nitrogen and oxygen atoms in total. The van der Waals surface area contributed by atoms with Crippen LogP contribution in [0.2, 0.25) is 0 Å². The van der Waals surface area contributed by atoms with E-state index in [1.54, 1.807) is 25.6 Å². The average Bonchev–Trinajstić information content (AvgIpc) is 3.16. The van der Waals surface area contributed by atoms with Crippen LogP contribution in [0.1, 0.15) is 20.9 Å². The molecule has 27 heavy (non-hydrogen) atoms. The van der Waals surface area contributed by atoms with Crippen molar-refractivity contribution in [3.63, 3.8) is 0 Å². The van der Waals surface area contributed by atoms with E-state index in [1.807, 2.05) is 53.4 Å². The number of carbonyl (C=O) groups is 1. The number of hydrogen-bond donors (Lipinski definition) is 0. The van der Waals surface area contributed by atoms with Gasteiger partial charge < -0.3 is 14.4 Å². The second kappa shape index (κ2) is 7.40. The van der Waals surface area contributed by atoms with E-state index in [4.69, 9.17) is 14.5 Å². The number of aromatic nitrogens is 1. The minimum absolute atomic E-state index is 0.0716. The van der Waals surface area contributed by atoms with Crippen LogP contribution in [-0.2, 0) is 13.0 Å². The molecule has 138 valence electrons. The van der Waals surface area contributed by atoms with Crippen molar-refractivity contribution in [3.8, 4) is 22.1 Å². The molecule has 0 bridgehead atoms. The second-order valence-corrected chi connectivity index (χ2v) is 7.39. The van der Waals surface area contributed by atoms with Gasteiger partial charge >= 0.3 is 0 Å². The quantitative estimate of drug-likeness (QED) is 0.686. The SMILES string of the molecule is COc1ccc(-c2nc3c(s2)CN(C(=O)c2ccccc2)CC3)cc1OC. The van der Waals surface area contributed by atoms with Gasteiger partial charge in [-0.3, -0.25) is 4.79 Å². The van der Waals surface area contributed by atoms with Crippen molar-refractivity contribution < 1.29 is 14.3 Å². The van der Waals surface area contributed by atoms with Gasteiger partial charge in [-0.2, -0.15) is 0 Å². The summed E-state index contributed by atoms with van der Waals surface area (Å²) in [6.45, 7) is 1.30. The van der Waals surface area contributed by atoms with Crippen LogP contribution in [0.3, 0.4) is 0 Å². The normalized spacial score (nSPS) is 13.2. The summed E-state index contributed by atoms with van der Waals surface area (Å²) in [6.07, 6.45) is 0.775. The van der Waals surface area contributed by atoms with Crippen LogP contribution in [0.5, 0.6) is 11.5 Å². The van der Waals surface area contributed by atoms with Crippen LogP contribution in [0.25, 0.3) is 10.6 Å². The van der Waals surface area contributed by atoms with E-state index in [0.717, 1.165) is 33.1 Å². The van der Waals surface area contributed by atoms with Crippen LogP contribution in [0, 0.1) is 0 Å². The number of fused-ring (bicyclic) bond motifs is 1. The standard InChI is InChI=1S/C21H20N2O3S/c1-25-17-9-8-15(12-18(17)26-2)20-22-16-10-11-23(13-19(16)27-20)21(24)14-6-4-3-5-7-14/h3-9,12H,10-11,13H2,1-2H3. The summed E-state index contributed by atoms with van der Waals surface area (Å²) >= 11 is 1.64. The molecule has 1 amide bonds. The topological polar surface area (TPSA) is 51.7 Å². The summed E-state index contributed by atoms with van der Waals surface area (Å²) in [4.78, 5) is 20.6. The van der Waals surface area contributed by atoms with E-state index < -0.39 is 0 Å². The van der Waals surface area contributed by atoms with Crippen LogP contribution < -0.4 is 9.47 Å². The highest BCUT2D eigenvalue weighted by Crippen LogP contribution is 2.36.